The molecule has 0 fully saturated rings. The number of carbonyl (C=O) groups is 1. The number of rotatable bonds is 3. The molecule has 0 saturated carbocycles. The average molecular weight is 400 g/mol. The first kappa shape index (κ1) is 14.9. The normalized spacial score (nSPS) is 10.1. The molecule has 6 heteroatoms. The van der Waals surface area contributed by atoms with Crippen LogP contribution in [0.1, 0.15) is 15.9 Å². The van der Waals surface area contributed by atoms with Crippen LogP contribution in [0.5, 0.6) is 0 Å². The van der Waals surface area contributed by atoms with Gasteiger partial charge in [-0.15, -0.1) is 0 Å². The molecule has 0 aliphatic heterocycles. The first-order valence-electron chi connectivity index (χ1n) is 5.63. The molecule has 2 rings (SSSR count). The maximum Gasteiger partial charge on any atom is 0.256 e. The first-order valence-corrected chi connectivity index (χ1v) is 7.12. The highest BCUT2D eigenvalue weighted by Gasteiger charge is 2.11. The summed E-state index contributed by atoms with van der Waals surface area (Å²) in [6.07, 6.45) is 0. The lowest BCUT2D eigenvalue weighted by molar-refractivity contribution is 0.102. The summed E-state index contributed by atoms with van der Waals surface area (Å²) in [6, 6.07) is 10.9. The van der Waals surface area contributed by atoms with Gasteiger partial charge in [-0.2, -0.15) is 0 Å². The minimum absolute atomic E-state index is 0.262. The summed E-state index contributed by atoms with van der Waals surface area (Å²) in [5.41, 5.74) is 7.21. The van der Waals surface area contributed by atoms with Crippen LogP contribution in [0.15, 0.2) is 42.5 Å². The maximum atomic E-state index is 13.0. The van der Waals surface area contributed by atoms with Crippen molar-refractivity contribution >= 4 is 51.4 Å². The van der Waals surface area contributed by atoms with Crippen molar-refractivity contribution in [2.24, 2.45) is 5.73 Å². The number of nitrogens with one attached hydrogen (secondary N) is 1. The molecule has 0 radical (unpaired) electrons. The van der Waals surface area contributed by atoms with E-state index in [0.717, 1.165) is 0 Å². The van der Waals surface area contributed by atoms with Crippen LogP contribution in [-0.2, 0) is 0 Å². The number of carbonyl (C=O) groups excluding carboxylic acids is 1. The number of nitrogens with two attached hydrogens (primary N) is 1. The third kappa shape index (κ3) is 3.51. The van der Waals surface area contributed by atoms with Crippen molar-refractivity contribution in [1.29, 1.82) is 0 Å². The second kappa shape index (κ2) is 6.27. The minimum atomic E-state index is -0.374. The molecule has 0 atom stereocenters. The lowest BCUT2D eigenvalue weighted by Crippen LogP contribution is -2.15. The van der Waals surface area contributed by atoms with E-state index in [1.807, 2.05) is 22.6 Å². The van der Waals surface area contributed by atoms with Crippen molar-refractivity contribution in [3.05, 3.63) is 63.0 Å². The minimum Gasteiger partial charge on any atom is -0.389 e. The van der Waals surface area contributed by atoms with Gasteiger partial charge in [-0.05, 0) is 52.9 Å². The molecule has 0 spiro atoms. The molecule has 102 valence electrons. The summed E-state index contributed by atoms with van der Waals surface area (Å²) in [5, 5.41) is 2.73. The summed E-state index contributed by atoms with van der Waals surface area (Å²) in [4.78, 5) is 12.4. The lowest BCUT2D eigenvalue weighted by Gasteiger charge is -2.08. The summed E-state index contributed by atoms with van der Waals surface area (Å²) in [5.74, 6) is -0.684. The fourth-order valence-corrected chi connectivity index (χ4v) is 2.47. The lowest BCUT2D eigenvalue weighted by atomic mass is 10.1. The quantitative estimate of drug-likeness (QED) is 0.614. The van der Waals surface area contributed by atoms with Gasteiger partial charge in [-0.1, -0.05) is 24.4 Å². The van der Waals surface area contributed by atoms with Gasteiger partial charge >= 0.3 is 0 Å². The largest absolute Gasteiger partial charge is 0.389 e. The molecule has 0 heterocycles. The van der Waals surface area contributed by atoms with E-state index in [1.54, 1.807) is 24.3 Å². The van der Waals surface area contributed by atoms with Crippen LogP contribution < -0.4 is 11.1 Å². The Morgan fingerprint density at radius 3 is 2.65 bits per heavy atom. The third-order valence-electron chi connectivity index (χ3n) is 2.58. The fourth-order valence-electron chi connectivity index (χ4n) is 1.62. The highest BCUT2D eigenvalue weighted by molar-refractivity contribution is 14.1. The molecule has 3 N–H and O–H groups in total. The van der Waals surface area contributed by atoms with Crippen molar-refractivity contribution in [1.82, 2.24) is 0 Å². The number of thiocarbonyl (C=S) groups is 1. The van der Waals surface area contributed by atoms with Crippen LogP contribution in [0.2, 0.25) is 0 Å². The van der Waals surface area contributed by atoms with Gasteiger partial charge in [-0.3, -0.25) is 4.79 Å². The highest BCUT2D eigenvalue weighted by atomic mass is 127. The number of amides is 1. The fraction of sp³-hybridized carbons (Fsp3) is 0. The van der Waals surface area contributed by atoms with E-state index in [-0.39, 0.29) is 16.7 Å². The van der Waals surface area contributed by atoms with Gasteiger partial charge in [0.05, 0.1) is 5.56 Å². The zero-order chi connectivity index (χ0) is 14.7. The molecule has 0 aliphatic rings. The Balaban J connectivity index is 2.23. The highest BCUT2D eigenvalue weighted by Crippen LogP contribution is 2.17. The second-order valence-electron chi connectivity index (χ2n) is 4.02. The van der Waals surface area contributed by atoms with E-state index in [0.29, 0.717) is 20.4 Å². The van der Waals surface area contributed by atoms with Gasteiger partial charge in [0.25, 0.3) is 5.91 Å². The molecule has 0 saturated heterocycles. The van der Waals surface area contributed by atoms with Crippen molar-refractivity contribution in [3.63, 3.8) is 0 Å². The Morgan fingerprint density at radius 2 is 2.00 bits per heavy atom. The van der Waals surface area contributed by atoms with Gasteiger partial charge in [0.1, 0.15) is 10.8 Å². The summed E-state index contributed by atoms with van der Waals surface area (Å²) < 4.78 is 13.6. The average Bonchev–Trinajstić information content (AvgIpc) is 2.38. The van der Waals surface area contributed by atoms with Gasteiger partial charge in [0, 0.05) is 14.8 Å². The molecular weight excluding hydrogens is 390 g/mol. The molecule has 0 bridgehead atoms. The van der Waals surface area contributed by atoms with E-state index < -0.39 is 0 Å². The maximum absolute atomic E-state index is 13.0. The summed E-state index contributed by atoms with van der Waals surface area (Å²) in [7, 11) is 0. The Kier molecular flexibility index (Phi) is 4.66. The third-order valence-corrected chi connectivity index (χ3v) is 3.71. The molecule has 0 unspecified atom stereocenters. The molecule has 20 heavy (non-hydrogen) atoms. The van der Waals surface area contributed by atoms with Crippen LogP contribution >= 0.6 is 34.8 Å². The first-order chi connectivity index (χ1) is 9.47. The van der Waals surface area contributed by atoms with Gasteiger partial charge < -0.3 is 11.1 Å². The summed E-state index contributed by atoms with van der Waals surface area (Å²) >= 11 is 6.81. The smallest absolute Gasteiger partial charge is 0.256 e. The zero-order valence-corrected chi connectivity index (χ0v) is 13.2. The molecular formula is C14H10FIN2OS. The van der Waals surface area contributed by atoms with E-state index in [2.05, 4.69) is 5.32 Å². The molecule has 1 amide bonds. The Hall–Kier alpha value is -1.54. The van der Waals surface area contributed by atoms with Crippen molar-refractivity contribution in [2.75, 3.05) is 5.32 Å². The molecule has 3 nitrogen and oxygen atoms in total. The van der Waals surface area contributed by atoms with Crippen molar-refractivity contribution in [2.45, 2.75) is 0 Å². The molecule has 2 aromatic rings. The SMILES string of the molecule is NC(=S)c1cccc(NC(=O)c2ccc(F)cc2I)c1. The number of benzene rings is 2. The predicted octanol–water partition coefficient (Wildman–Crippen LogP) is 3.32. The van der Waals surface area contributed by atoms with Crippen LogP contribution in [-0.4, -0.2) is 10.9 Å². The molecule has 0 aromatic heterocycles. The number of halogens is 2. The Bertz CT molecular complexity index is 691. The van der Waals surface area contributed by atoms with Gasteiger partial charge in [0.15, 0.2) is 0 Å². The van der Waals surface area contributed by atoms with Gasteiger partial charge in [0.2, 0.25) is 0 Å². The van der Waals surface area contributed by atoms with Crippen LogP contribution in [0.25, 0.3) is 0 Å². The van der Waals surface area contributed by atoms with E-state index in [4.69, 9.17) is 18.0 Å². The van der Waals surface area contributed by atoms with Crippen molar-refractivity contribution in [3.8, 4) is 0 Å². The van der Waals surface area contributed by atoms with E-state index in [1.165, 1.54) is 18.2 Å². The van der Waals surface area contributed by atoms with Crippen LogP contribution in [0, 0.1) is 9.39 Å². The van der Waals surface area contributed by atoms with E-state index in [9.17, 15) is 9.18 Å². The number of anilines is 1. The predicted molar refractivity (Wildman–Crippen MR) is 89.4 cm³/mol. The zero-order valence-electron chi connectivity index (χ0n) is 10.2. The van der Waals surface area contributed by atoms with Crippen LogP contribution in [0.3, 0.4) is 0 Å². The monoisotopic (exact) mass is 400 g/mol. The van der Waals surface area contributed by atoms with Crippen molar-refractivity contribution < 1.29 is 9.18 Å². The summed E-state index contributed by atoms with van der Waals surface area (Å²) in [6.45, 7) is 0. The van der Waals surface area contributed by atoms with Gasteiger partial charge in [-0.25, -0.2) is 4.39 Å². The topological polar surface area (TPSA) is 55.1 Å². The van der Waals surface area contributed by atoms with E-state index >= 15 is 0 Å². The molecule has 0 aliphatic carbocycles. The second-order valence-corrected chi connectivity index (χ2v) is 5.63. The Labute approximate surface area is 134 Å². The van der Waals surface area contributed by atoms with Crippen LogP contribution in [0.4, 0.5) is 10.1 Å². The number of hydrogen-bond donors (Lipinski definition) is 2. The standard InChI is InChI=1S/C14H10FIN2OS/c15-9-4-5-11(12(16)7-9)14(19)18-10-3-1-2-8(6-10)13(17)20/h1-7H,(H2,17,20)(H,18,19). The Morgan fingerprint density at radius 1 is 1.25 bits per heavy atom. The number of hydrogen-bond acceptors (Lipinski definition) is 2. The molecule has 2 aromatic carbocycles.